The Morgan fingerprint density at radius 2 is 1.81 bits per heavy atom. The zero-order valence-corrected chi connectivity index (χ0v) is 30.9. The van der Waals surface area contributed by atoms with Crippen molar-refractivity contribution >= 4 is 46.0 Å². The number of fused-ring (bicyclic) bond motifs is 3. The van der Waals surface area contributed by atoms with Crippen molar-refractivity contribution in [1.82, 2.24) is 15.2 Å². The number of ether oxygens (including phenoxy) is 3. The lowest BCUT2D eigenvalue weighted by Crippen LogP contribution is -2.43. The third kappa shape index (κ3) is 7.62. The van der Waals surface area contributed by atoms with E-state index in [0.717, 1.165) is 43.5 Å². The molecule has 0 saturated heterocycles. The van der Waals surface area contributed by atoms with E-state index in [-0.39, 0.29) is 35.8 Å². The first-order valence-corrected chi connectivity index (χ1v) is 19.6. The summed E-state index contributed by atoms with van der Waals surface area (Å²) in [5, 5.41) is 28.5. The van der Waals surface area contributed by atoms with Crippen LogP contribution in [-0.2, 0) is 31.2 Å². The molecule has 0 radical (unpaired) electrons. The second-order valence-electron chi connectivity index (χ2n) is 13.8. The second kappa shape index (κ2) is 16.2. The molecule has 2 aliphatic rings. The number of aromatic hydroxyl groups is 1. The highest BCUT2D eigenvalue weighted by Crippen LogP contribution is 2.50. The summed E-state index contributed by atoms with van der Waals surface area (Å²) >= 11 is 2.74. The molecule has 4 N–H and O–H groups in total. The molecular weight excluding hydrogens is 715 g/mol. The summed E-state index contributed by atoms with van der Waals surface area (Å²) in [5.74, 6) is 0.689. The fourth-order valence-electron chi connectivity index (χ4n) is 8.03. The number of phenols is 1. The first-order chi connectivity index (χ1) is 25.8. The van der Waals surface area contributed by atoms with Gasteiger partial charge in [-0.05, 0) is 96.9 Å². The Kier molecular flexibility index (Phi) is 11.3. The number of thiophene rings is 2. The average molecular weight is 758 g/mol. The Morgan fingerprint density at radius 3 is 2.51 bits per heavy atom. The highest BCUT2D eigenvalue weighted by Gasteiger charge is 2.55. The number of H-pyrrole nitrogens is 1. The Labute approximate surface area is 315 Å². The molecule has 2 bridgehead atoms. The van der Waals surface area contributed by atoms with Gasteiger partial charge in [0.2, 0.25) is 5.56 Å². The van der Waals surface area contributed by atoms with Gasteiger partial charge in [-0.2, -0.15) is 0 Å². The van der Waals surface area contributed by atoms with Crippen molar-refractivity contribution in [3.05, 3.63) is 115 Å². The van der Waals surface area contributed by atoms with Crippen LogP contribution in [0.5, 0.6) is 11.5 Å². The molecule has 2 fully saturated rings. The number of hydrogen-bond donors (Lipinski definition) is 4. The summed E-state index contributed by atoms with van der Waals surface area (Å²) in [4.78, 5) is 43.7. The van der Waals surface area contributed by atoms with Gasteiger partial charge in [0.25, 0.3) is 12.1 Å². The van der Waals surface area contributed by atoms with Gasteiger partial charge in [0.15, 0.2) is 0 Å². The first-order valence-electron chi connectivity index (χ1n) is 17.8. The first kappa shape index (κ1) is 36.8. The van der Waals surface area contributed by atoms with Gasteiger partial charge in [0.1, 0.15) is 17.6 Å². The second-order valence-corrected chi connectivity index (χ2v) is 15.7. The third-order valence-corrected chi connectivity index (χ3v) is 12.6. The zero-order chi connectivity index (χ0) is 37.0. The standard InChI is InChI=1S/C40H43N3O8S2/c1-43(31-21-26-9-12-30(31)38(26)51-39(48)40(50-24-44,34-5-2-19-52-34)35-6-3-20-53-35)17-4-18-49-27-10-7-25(8-11-27)22-41-23-33(46)28-13-15-32(45)37-29(28)14-16-36(47)42-37/h2-3,5-8,10-11,13-16,19-20,24,26,30-31,33,38,41,45-46H,4,9,12,17-18,21-23H2,1H3,(H,42,47)/t26-,30+,31+,33+,38-/m1/s1. The molecule has 53 heavy (non-hydrogen) atoms. The molecule has 3 heterocycles. The third-order valence-electron chi connectivity index (χ3n) is 10.6. The van der Waals surface area contributed by atoms with Crippen LogP contribution in [0.2, 0.25) is 0 Å². The predicted molar refractivity (Wildman–Crippen MR) is 203 cm³/mol. The molecule has 7 rings (SSSR count). The number of esters is 1. The quantitative estimate of drug-likeness (QED) is 0.0528. The molecule has 2 saturated carbocycles. The highest BCUT2D eigenvalue weighted by molar-refractivity contribution is 7.12. The number of aromatic nitrogens is 1. The largest absolute Gasteiger partial charge is 0.506 e. The number of carbonyl (C=O) groups excluding carboxylic acids is 2. The summed E-state index contributed by atoms with van der Waals surface area (Å²) in [6, 6.07) is 21.6. The Balaban J connectivity index is 0.867. The van der Waals surface area contributed by atoms with E-state index in [4.69, 9.17) is 14.2 Å². The van der Waals surface area contributed by atoms with Crippen LogP contribution in [-0.4, -0.2) is 71.4 Å². The van der Waals surface area contributed by atoms with Crippen LogP contribution in [0.25, 0.3) is 10.9 Å². The Morgan fingerprint density at radius 1 is 1.06 bits per heavy atom. The van der Waals surface area contributed by atoms with E-state index < -0.39 is 17.7 Å². The van der Waals surface area contributed by atoms with Gasteiger partial charge in [0.05, 0.1) is 28.0 Å². The van der Waals surface area contributed by atoms with Crippen molar-refractivity contribution in [3.8, 4) is 11.5 Å². The van der Waals surface area contributed by atoms with Crippen molar-refractivity contribution in [2.24, 2.45) is 11.8 Å². The Hall–Kier alpha value is -4.53. The molecule has 5 aromatic rings. The molecule has 13 heteroatoms. The molecule has 0 amide bonds. The Bertz CT molecular complexity index is 2020. The topological polar surface area (TPSA) is 150 Å². The molecule has 5 atom stereocenters. The zero-order valence-electron chi connectivity index (χ0n) is 29.3. The molecule has 3 aromatic heterocycles. The predicted octanol–water partition coefficient (Wildman–Crippen LogP) is 5.71. The number of nitrogens with zero attached hydrogens (tertiary/aromatic N) is 1. The fourth-order valence-corrected chi connectivity index (χ4v) is 9.83. The lowest BCUT2D eigenvalue weighted by molar-refractivity contribution is -0.178. The molecular formula is C40H43N3O8S2. The van der Waals surface area contributed by atoms with Gasteiger partial charge in [0, 0.05) is 43.0 Å². The maximum absolute atomic E-state index is 14.0. The van der Waals surface area contributed by atoms with E-state index >= 15 is 0 Å². The monoisotopic (exact) mass is 757 g/mol. The maximum Gasteiger partial charge on any atom is 0.362 e. The van der Waals surface area contributed by atoms with Crippen LogP contribution < -0.4 is 15.6 Å². The van der Waals surface area contributed by atoms with Crippen molar-refractivity contribution in [1.29, 1.82) is 0 Å². The molecule has 2 aromatic carbocycles. The number of nitrogens with one attached hydrogen (secondary N) is 2. The summed E-state index contributed by atoms with van der Waals surface area (Å²) in [6.07, 6.45) is 2.74. The number of carbonyl (C=O) groups is 2. The maximum atomic E-state index is 14.0. The molecule has 2 aliphatic carbocycles. The van der Waals surface area contributed by atoms with E-state index in [1.165, 1.54) is 34.8 Å². The van der Waals surface area contributed by atoms with Crippen molar-refractivity contribution in [2.45, 2.75) is 56.1 Å². The van der Waals surface area contributed by atoms with Crippen LogP contribution >= 0.6 is 22.7 Å². The molecule has 278 valence electrons. The number of hydrogen-bond acceptors (Lipinski definition) is 12. The minimum Gasteiger partial charge on any atom is -0.506 e. The van der Waals surface area contributed by atoms with Gasteiger partial charge >= 0.3 is 5.97 Å². The lowest BCUT2D eigenvalue weighted by Gasteiger charge is -2.32. The smallest absolute Gasteiger partial charge is 0.362 e. The highest BCUT2D eigenvalue weighted by atomic mass is 32.1. The van der Waals surface area contributed by atoms with Crippen molar-refractivity contribution in [2.75, 3.05) is 26.7 Å². The molecule has 11 nitrogen and oxygen atoms in total. The number of aliphatic hydroxyl groups is 1. The lowest BCUT2D eigenvalue weighted by atomic mass is 9.94. The van der Waals surface area contributed by atoms with Crippen molar-refractivity contribution < 1.29 is 34.0 Å². The van der Waals surface area contributed by atoms with Crippen LogP contribution in [0.4, 0.5) is 0 Å². The van der Waals surface area contributed by atoms with Crippen LogP contribution in [0.3, 0.4) is 0 Å². The number of rotatable bonds is 17. The fraction of sp³-hybridized carbons (Fsp3) is 0.375. The average Bonchev–Trinajstić information content (AvgIpc) is 4.01. The summed E-state index contributed by atoms with van der Waals surface area (Å²) in [6.45, 7) is 2.58. The van der Waals surface area contributed by atoms with E-state index in [1.54, 1.807) is 12.1 Å². The van der Waals surface area contributed by atoms with Gasteiger partial charge < -0.3 is 39.6 Å². The number of phenolic OH excluding ortho intramolecular Hbond substituents is 1. The summed E-state index contributed by atoms with van der Waals surface area (Å²) in [7, 11) is 2.13. The van der Waals surface area contributed by atoms with Crippen LogP contribution in [0.1, 0.15) is 52.7 Å². The van der Waals surface area contributed by atoms with Gasteiger partial charge in [-0.3, -0.25) is 9.59 Å². The van der Waals surface area contributed by atoms with Gasteiger partial charge in [-0.15, -0.1) is 22.7 Å². The number of pyridine rings is 1. The van der Waals surface area contributed by atoms with E-state index in [9.17, 15) is 24.6 Å². The van der Waals surface area contributed by atoms with E-state index in [2.05, 4.69) is 22.2 Å². The molecule has 0 spiro atoms. The van der Waals surface area contributed by atoms with Crippen molar-refractivity contribution in [3.63, 3.8) is 0 Å². The summed E-state index contributed by atoms with van der Waals surface area (Å²) in [5.41, 5.74) is 0.0446. The minimum absolute atomic E-state index is 0.0407. The number of aromatic amines is 1. The normalized spacial score (nSPS) is 20.1. The van der Waals surface area contributed by atoms with Gasteiger partial charge in [-0.25, -0.2) is 4.79 Å². The number of aliphatic hydroxyl groups excluding tert-OH is 1. The van der Waals surface area contributed by atoms with Gasteiger partial charge in [-0.1, -0.05) is 30.3 Å². The minimum atomic E-state index is -1.60. The van der Waals surface area contributed by atoms with E-state index in [0.29, 0.717) is 51.9 Å². The molecule has 0 aliphatic heterocycles. The number of benzene rings is 2. The van der Waals surface area contributed by atoms with E-state index in [1.807, 2.05) is 59.3 Å². The summed E-state index contributed by atoms with van der Waals surface area (Å²) < 4.78 is 18.0. The van der Waals surface area contributed by atoms with Crippen LogP contribution in [0.15, 0.2) is 88.4 Å². The molecule has 0 unspecified atom stereocenters. The van der Waals surface area contributed by atoms with Crippen LogP contribution in [0, 0.1) is 11.8 Å². The SMILES string of the molecule is CN(CCCOc1ccc(CNC[C@H](O)c2ccc(O)c3[nH]c(=O)ccc23)cc1)[C@H]1C[C@H]2CC[C@@H]1[C@@H]2OC(=O)C(OC=O)(c1cccs1)c1cccs1.